The van der Waals surface area contributed by atoms with Crippen LogP contribution >= 0.6 is 0 Å². The summed E-state index contributed by atoms with van der Waals surface area (Å²) in [5.74, 6) is -0.187. The van der Waals surface area contributed by atoms with Crippen molar-refractivity contribution in [1.82, 2.24) is 10.3 Å². The number of esters is 1. The minimum atomic E-state index is -0.558. The molecule has 26 heavy (non-hydrogen) atoms. The number of carbonyl (C=O) groups excluding carboxylic acids is 2. The number of nitrogens with one attached hydrogen (secondary N) is 1. The Hall–Kier alpha value is -2.89. The summed E-state index contributed by atoms with van der Waals surface area (Å²) in [7, 11) is 0. The molecule has 0 atom stereocenters. The Morgan fingerprint density at radius 2 is 1.69 bits per heavy atom. The number of hydrogen-bond donors (Lipinski definition) is 1. The third-order valence-electron chi connectivity index (χ3n) is 3.66. The van der Waals surface area contributed by atoms with Gasteiger partial charge in [-0.3, -0.25) is 9.78 Å². The summed E-state index contributed by atoms with van der Waals surface area (Å²) in [4.78, 5) is 27.2. The Morgan fingerprint density at radius 1 is 1.04 bits per heavy atom. The van der Waals surface area contributed by atoms with Crippen molar-refractivity contribution in [3.8, 4) is 5.75 Å². The highest BCUT2D eigenvalue weighted by Gasteiger charge is 2.13. The van der Waals surface area contributed by atoms with Crippen LogP contribution in [0.3, 0.4) is 0 Å². The molecule has 0 fully saturated rings. The number of amides is 1. The van der Waals surface area contributed by atoms with Crippen LogP contribution in [0.1, 0.15) is 36.7 Å². The van der Waals surface area contributed by atoms with Gasteiger partial charge in [-0.05, 0) is 35.2 Å². The van der Waals surface area contributed by atoms with E-state index in [1.807, 2.05) is 24.3 Å². The molecule has 0 aliphatic rings. The Balaban J connectivity index is 1.65. The molecule has 6 heteroatoms. The molecular formula is C20H24N2O4. The summed E-state index contributed by atoms with van der Waals surface area (Å²) < 4.78 is 10.5. The molecule has 1 N–H and O–H groups in total. The molecule has 1 aromatic heterocycles. The molecule has 1 amide bonds. The molecule has 138 valence electrons. The van der Waals surface area contributed by atoms with Gasteiger partial charge in [-0.15, -0.1) is 0 Å². The first-order chi connectivity index (χ1) is 12.4. The minimum Gasteiger partial charge on any atom is -0.492 e. The molecular weight excluding hydrogens is 332 g/mol. The molecule has 0 spiro atoms. The number of hydrogen-bond acceptors (Lipinski definition) is 5. The van der Waals surface area contributed by atoms with Crippen molar-refractivity contribution in [2.24, 2.45) is 0 Å². The molecule has 0 aliphatic carbocycles. The Morgan fingerprint density at radius 3 is 2.31 bits per heavy atom. The molecule has 6 nitrogen and oxygen atoms in total. The van der Waals surface area contributed by atoms with E-state index in [0.29, 0.717) is 18.7 Å². The van der Waals surface area contributed by atoms with E-state index >= 15 is 0 Å². The van der Waals surface area contributed by atoms with E-state index in [4.69, 9.17) is 9.47 Å². The van der Waals surface area contributed by atoms with Crippen molar-refractivity contribution in [2.45, 2.75) is 26.2 Å². The number of aromatic nitrogens is 1. The van der Waals surface area contributed by atoms with E-state index in [1.54, 1.807) is 0 Å². The molecule has 0 unspecified atom stereocenters. The monoisotopic (exact) mass is 356 g/mol. The molecule has 1 heterocycles. The van der Waals surface area contributed by atoms with Gasteiger partial charge in [0.05, 0.1) is 12.1 Å². The average Bonchev–Trinajstić information content (AvgIpc) is 2.63. The predicted molar refractivity (Wildman–Crippen MR) is 98.2 cm³/mol. The van der Waals surface area contributed by atoms with Crippen molar-refractivity contribution < 1.29 is 19.1 Å². The van der Waals surface area contributed by atoms with Gasteiger partial charge in [0.15, 0.2) is 6.61 Å². The summed E-state index contributed by atoms with van der Waals surface area (Å²) in [6.45, 7) is 6.78. The first-order valence-corrected chi connectivity index (χ1v) is 8.43. The number of pyridine rings is 1. The van der Waals surface area contributed by atoms with E-state index < -0.39 is 5.97 Å². The maximum Gasteiger partial charge on any atom is 0.338 e. The fourth-order valence-electron chi connectivity index (χ4n) is 2.16. The topological polar surface area (TPSA) is 77.5 Å². The van der Waals surface area contributed by atoms with Crippen molar-refractivity contribution in [3.63, 3.8) is 0 Å². The van der Waals surface area contributed by atoms with E-state index in [0.717, 1.165) is 5.75 Å². The zero-order chi connectivity index (χ0) is 19.0. The van der Waals surface area contributed by atoms with Crippen LogP contribution in [0, 0.1) is 0 Å². The van der Waals surface area contributed by atoms with Gasteiger partial charge in [-0.2, -0.15) is 0 Å². The summed E-state index contributed by atoms with van der Waals surface area (Å²) in [5.41, 5.74) is 1.68. The van der Waals surface area contributed by atoms with Gasteiger partial charge in [0.1, 0.15) is 12.4 Å². The molecule has 1 aromatic carbocycles. The normalized spacial score (nSPS) is 10.9. The molecule has 0 saturated carbocycles. The maximum atomic E-state index is 11.7. The van der Waals surface area contributed by atoms with Gasteiger partial charge in [0.25, 0.3) is 5.91 Å². The van der Waals surface area contributed by atoms with E-state index in [9.17, 15) is 9.59 Å². The highest BCUT2D eigenvalue weighted by Crippen LogP contribution is 2.24. The fourth-order valence-corrected chi connectivity index (χ4v) is 2.16. The van der Waals surface area contributed by atoms with Gasteiger partial charge in [-0.25, -0.2) is 4.79 Å². The Labute approximate surface area is 153 Å². The fraction of sp³-hybridized carbons (Fsp3) is 0.350. The summed E-state index contributed by atoms with van der Waals surface area (Å²) in [6.07, 6.45) is 2.98. The van der Waals surface area contributed by atoms with Crippen LogP contribution in [0.4, 0.5) is 0 Å². The first kappa shape index (κ1) is 19.4. The van der Waals surface area contributed by atoms with Crippen molar-refractivity contribution in [1.29, 1.82) is 0 Å². The van der Waals surface area contributed by atoms with Crippen LogP contribution in [-0.4, -0.2) is 36.6 Å². The molecule has 0 radical (unpaired) electrons. The lowest BCUT2D eigenvalue weighted by Gasteiger charge is -2.19. The quantitative estimate of drug-likeness (QED) is 0.610. The zero-order valence-electron chi connectivity index (χ0n) is 15.3. The van der Waals surface area contributed by atoms with Crippen molar-refractivity contribution in [3.05, 3.63) is 59.9 Å². The first-order valence-electron chi connectivity index (χ1n) is 8.43. The Bertz CT molecular complexity index is 722. The number of benzene rings is 1. The van der Waals surface area contributed by atoms with E-state index in [-0.39, 0.29) is 17.9 Å². The van der Waals surface area contributed by atoms with Gasteiger partial charge < -0.3 is 14.8 Å². The molecule has 0 saturated heterocycles. The number of ether oxygens (including phenoxy) is 2. The average molecular weight is 356 g/mol. The van der Waals surface area contributed by atoms with E-state index in [1.165, 1.54) is 30.1 Å². The van der Waals surface area contributed by atoms with Crippen LogP contribution in [0.5, 0.6) is 5.75 Å². The Kier molecular flexibility index (Phi) is 6.72. The van der Waals surface area contributed by atoms with Crippen LogP contribution < -0.4 is 10.1 Å². The number of carbonyl (C=O) groups is 2. The molecule has 2 aromatic rings. The maximum absolute atomic E-state index is 11.7. The van der Waals surface area contributed by atoms with Gasteiger partial charge in [0, 0.05) is 12.4 Å². The zero-order valence-corrected chi connectivity index (χ0v) is 15.3. The lowest BCUT2D eigenvalue weighted by molar-refractivity contribution is -0.124. The molecule has 0 bridgehead atoms. The smallest absolute Gasteiger partial charge is 0.338 e. The van der Waals surface area contributed by atoms with Crippen LogP contribution in [0.25, 0.3) is 0 Å². The van der Waals surface area contributed by atoms with Crippen molar-refractivity contribution >= 4 is 11.9 Å². The summed E-state index contributed by atoms with van der Waals surface area (Å²) >= 11 is 0. The van der Waals surface area contributed by atoms with Gasteiger partial charge in [0.2, 0.25) is 0 Å². The van der Waals surface area contributed by atoms with Crippen LogP contribution in [0.2, 0.25) is 0 Å². The summed E-state index contributed by atoms with van der Waals surface area (Å²) in [6, 6.07) is 11.0. The van der Waals surface area contributed by atoms with Crippen LogP contribution in [-0.2, 0) is 14.9 Å². The summed E-state index contributed by atoms with van der Waals surface area (Å²) in [5, 5.41) is 2.64. The lowest BCUT2D eigenvalue weighted by Crippen LogP contribution is -2.32. The second-order valence-corrected chi connectivity index (χ2v) is 6.78. The number of rotatable bonds is 7. The largest absolute Gasteiger partial charge is 0.492 e. The second kappa shape index (κ2) is 8.99. The molecule has 2 rings (SSSR count). The van der Waals surface area contributed by atoms with Gasteiger partial charge >= 0.3 is 5.97 Å². The standard InChI is InChI=1S/C20H24N2O4/c1-20(2,3)16-4-6-17(7-5-16)25-13-12-22-18(23)14-26-19(24)15-8-10-21-11-9-15/h4-11H,12-14H2,1-3H3,(H,22,23). The minimum absolute atomic E-state index is 0.0974. The highest BCUT2D eigenvalue weighted by atomic mass is 16.5. The lowest BCUT2D eigenvalue weighted by atomic mass is 9.87. The van der Waals surface area contributed by atoms with Gasteiger partial charge in [-0.1, -0.05) is 32.9 Å². The SMILES string of the molecule is CC(C)(C)c1ccc(OCCNC(=O)COC(=O)c2ccncc2)cc1. The third kappa shape index (κ3) is 6.20. The van der Waals surface area contributed by atoms with Crippen molar-refractivity contribution in [2.75, 3.05) is 19.8 Å². The predicted octanol–water partition coefficient (Wildman–Crippen LogP) is 2.73. The second-order valence-electron chi connectivity index (χ2n) is 6.78. The third-order valence-corrected chi connectivity index (χ3v) is 3.66. The van der Waals surface area contributed by atoms with Crippen LogP contribution in [0.15, 0.2) is 48.8 Å². The van der Waals surface area contributed by atoms with E-state index in [2.05, 4.69) is 31.1 Å². The number of nitrogens with zero attached hydrogens (tertiary/aromatic N) is 1. The highest BCUT2D eigenvalue weighted by molar-refractivity contribution is 5.91. The molecule has 0 aliphatic heterocycles.